The van der Waals surface area contributed by atoms with E-state index in [9.17, 15) is 0 Å². The summed E-state index contributed by atoms with van der Waals surface area (Å²) in [5, 5.41) is 9.02. The molecule has 3 rings (SSSR count). The molecule has 2 fully saturated rings. The molecule has 118 valence electrons. The standard InChI is InChI=1S/C19H27N3/c1-21(2)19(13-16-6-7-16)8-10-22(11-9-19)15-18-5-3-4-17(12-18)14-20/h3-5,12,16H,6-11,13,15H2,1-2H3. The molecule has 3 heteroatoms. The highest BCUT2D eigenvalue weighted by atomic mass is 15.2. The minimum absolute atomic E-state index is 0.423. The van der Waals surface area contributed by atoms with Gasteiger partial charge in [-0.15, -0.1) is 0 Å². The first-order valence-corrected chi connectivity index (χ1v) is 8.50. The second-order valence-corrected chi connectivity index (χ2v) is 7.35. The Morgan fingerprint density at radius 3 is 2.59 bits per heavy atom. The van der Waals surface area contributed by atoms with E-state index in [2.05, 4.69) is 36.0 Å². The maximum atomic E-state index is 9.02. The summed E-state index contributed by atoms with van der Waals surface area (Å²) in [6, 6.07) is 10.3. The van der Waals surface area contributed by atoms with Gasteiger partial charge in [0.15, 0.2) is 0 Å². The van der Waals surface area contributed by atoms with Crippen molar-refractivity contribution in [3.05, 3.63) is 35.4 Å². The number of likely N-dealkylation sites (tertiary alicyclic amines) is 1. The van der Waals surface area contributed by atoms with Crippen LogP contribution in [0.1, 0.15) is 43.2 Å². The summed E-state index contributed by atoms with van der Waals surface area (Å²) in [5.74, 6) is 0.987. The Bertz CT molecular complexity index is 546. The van der Waals surface area contributed by atoms with Crippen LogP contribution in [0, 0.1) is 17.2 Å². The Kier molecular flexibility index (Phi) is 4.52. The van der Waals surface area contributed by atoms with Gasteiger partial charge in [-0.1, -0.05) is 25.0 Å². The molecule has 22 heavy (non-hydrogen) atoms. The number of rotatable bonds is 5. The predicted molar refractivity (Wildman–Crippen MR) is 89.4 cm³/mol. The van der Waals surface area contributed by atoms with Crippen molar-refractivity contribution in [3.8, 4) is 6.07 Å². The van der Waals surface area contributed by atoms with Gasteiger partial charge in [0.25, 0.3) is 0 Å². The van der Waals surface area contributed by atoms with Gasteiger partial charge in [0.05, 0.1) is 11.6 Å². The number of piperidine rings is 1. The SMILES string of the molecule is CN(C)C1(CC2CC2)CCN(Cc2cccc(C#N)c2)CC1. The monoisotopic (exact) mass is 297 g/mol. The molecule has 0 atom stereocenters. The second kappa shape index (κ2) is 6.40. The summed E-state index contributed by atoms with van der Waals surface area (Å²) in [4.78, 5) is 5.03. The molecule has 1 saturated carbocycles. The van der Waals surface area contributed by atoms with Crippen molar-refractivity contribution in [1.82, 2.24) is 9.80 Å². The molecule has 1 heterocycles. The Hall–Kier alpha value is -1.37. The zero-order valence-corrected chi connectivity index (χ0v) is 13.9. The summed E-state index contributed by atoms with van der Waals surface area (Å²) in [6.45, 7) is 3.31. The summed E-state index contributed by atoms with van der Waals surface area (Å²) in [5.41, 5.74) is 2.45. The first-order chi connectivity index (χ1) is 10.6. The lowest BCUT2D eigenvalue weighted by Gasteiger charge is -2.46. The average Bonchev–Trinajstić information content (AvgIpc) is 3.33. The van der Waals surface area contributed by atoms with Crippen molar-refractivity contribution < 1.29 is 0 Å². The topological polar surface area (TPSA) is 30.3 Å². The summed E-state index contributed by atoms with van der Waals surface area (Å²) < 4.78 is 0. The van der Waals surface area contributed by atoms with Crippen LogP contribution < -0.4 is 0 Å². The van der Waals surface area contributed by atoms with E-state index in [0.29, 0.717) is 5.54 Å². The van der Waals surface area contributed by atoms with E-state index >= 15 is 0 Å². The van der Waals surface area contributed by atoms with Gasteiger partial charge < -0.3 is 4.90 Å². The quantitative estimate of drug-likeness (QED) is 0.835. The molecule has 1 aliphatic carbocycles. The Balaban J connectivity index is 1.59. The van der Waals surface area contributed by atoms with Gasteiger partial charge in [0.2, 0.25) is 0 Å². The maximum absolute atomic E-state index is 9.02. The van der Waals surface area contributed by atoms with Crippen LogP contribution in [-0.4, -0.2) is 42.5 Å². The molecular weight excluding hydrogens is 270 g/mol. The van der Waals surface area contributed by atoms with Gasteiger partial charge in [-0.05, 0) is 57.0 Å². The van der Waals surface area contributed by atoms with Gasteiger partial charge >= 0.3 is 0 Å². The van der Waals surface area contributed by atoms with E-state index in [1.54, 1.807) is 0 Å². The lowest BCUT2D eigenvalue weighted by molar-refractivity contribution is 0.0418. The van der Waals surface area contributed by atoms with Crippen molar-refractivity contribution >= 4 is 0 Å². The Morgan fingerprint density at radius 2 is 2.00 bits per heavy atom. The number of benzene rings is 1. The van der Waals surface area contributed by atoms with Crippen LogP contribution in [-0.2, 0) is 6.54 Å². The third kappa shape index (κ3) is 3.51. The zero-order chi connectivity index (χ0) is 15.6. The first kappa shape index (κ1) is 15.5. The highest BCUT2D eigenvalue weighted by molar-refractivity contribution is 5.32. The van der Waals surface area contributed by atoms with E-state index in [-0.39, 0.29) is 0 Å². The molecule has 0 N–H and O–H groups in total. The molecule has 1 aromatic rings. The fourth-order valence-electron chi connectivity index (χ4n) is 3.82. The predicted octanol–water partition coefficient (Wildman–Crippen LogP) is 3.25. The van der Waals surface area contributed by atoms with Crippen molar-refractivity contribution in [2.24, 2.45) is 5.92 Å². The maximum Gasteiger partial charge on any atom is 0.0991 e. The molecule has 0 radical (unpaired) electrons. The summed E-state index contributed by atoms with van der Waals surface area (Å²) in [6.07, 6.45) is 6.82. The van der Waals surface area contributed by atoms with E-state index < -0.39 is 0 Å². The summed E-state index contributed by atoms with van der Waals surface area (Å²) in [7, 11) is 4.52. The first-order valence-electron chi connectivity index (χ1n) is 8.50. The molecule has 3 nitrogen and oxygen atoms in total. The molecule has 0 spiro atoms. The molecule has 1 saturated heterocycles. The highest BCUT2D eigenvalue weighted by Crippen LogP contribution is 2.42. The molecular formula is C19H27N3. The molecule has 1 aliphatic heterocycles. The summed E-state index contributed by atoms with van der Waals surface area (Å²) >= 11 is 0. The van der Waals surface area contributed by atoms with Crippen molar-refractivity contribution in [2.45, 2.75) is 44.2 Å². The number of nitriles is 1. The normalized spacial score (nSPS) is 21.7. The second-order valence-electron chi connectivity index (χ2n) is 7.35. The van der Waals surface area contributed by atoms with E-state index in [1.807, 2.05) is 18.2 Å². The van der Waals surface area contributed by atoms with Crippen LogP contribution in [0.25, 0.3) is 0 Å². The van der Waals surface area contributed by atoms with Gasteiger partial charge in [-0.25, -0.2) is 0 Å². The lowest BCUT2D eigenvalue weighted by Crippen LogP contribution is -2.52. The largest absolute Gasteiger partial charge is 0.304 e. The van der Waals surface area contributed by atoms with E-state index in [0.717, 1.165) is 18.0 Å². The average molecular weight is 297 g/mol. The fraction of sp³-hybridized carbons (Fsp3) is 0.632. The van der Waals surface area contributed by atoms with Gasteiger partial charge in [0.1, 0.15) is 0 Å². The zero-order valence-electron chi connectivity index (χ0n) is 13.9. The number of hydrogen-bond acceptors (Lipinski definition) is 3. The minimum Gasteiger partial charge on any atom is -0.304 e. The van der Waals surface area contributed by atoms with Crippen molar-refractivity contribution in [3.63, 3.8) is 0 Å². The molecule has 2 aliphatic rings. The molecule has 0 amide bonds. The van der Waals surface area contributed by atoms with Crippen molar-refractivity contribution in [2.75, 3.05) is 27.2 Å². The Morgan fingerprint density at radius 1 is 1.27 bits per heavy atom. The van der Waals surface area contributed by atoms with Crippen molar-refractivity contribution in [1.29, 1.82) is 5.26 Å². The number of nitrogens with zero attached hydrogens (tertiary/aromatic N) is 3. The minimum atomic E-state index is 0.423. The van der Waals surface area contributed by atoms with Crippen LogP contribution in [0.5, 0.6) is 0 Å². The lowest BCUT2D eigenvalue weighted by atomic mass is 9.81. The van der Waals surface area contributed by atoms with E-state index in [4.69, 9.17) is 5.26 Å². The smallest absolute Gasteiger partial charge is 0.0991 e. The molecule has 0 aromatic heterocycles. The van der Waals surface area contributed by atoms with Crippen LogP contribution in [0.2, 0.25) is 0 Å². The molecule has 1 aromatic carbocycles. The van der Waals surface area contributed by atoms with Gasteiger partial charge in [-0.3, -0.25) is 4.90 Å². The fourth-order valence-corrected chi connectivity index (χ4v) is 3.82. The van der Waals surface area contributed by atoms with E-state index in [1.165, 1.54) is 50.8 Å². The Labute approximate surface area is 134 Å². The number of hydrogen-bond donors (Lipinski definition) is 0. The molecule has 0 unspecified atom stereocenters. The van der Waals surface area contributed by atoms with Crippen LogP contribution in [0.4, 0.5) is 0 Å². The van der Waals surface area contributed by atoms with Crippen LogP contribution >= 0.6 is 0 Å². The molecule has 0 bridgehead atoms. The van der Waals surface area contributed by atoms with Crippen LogP contribution in [0.3, 0.4) is 0 Å². The third-order valence-corrected chi connectivity index (χ3v) is 5.56. The third-order valence-electron chi connectivity index (χ3n) is 5.56. The highest BCUT2D eigenvalue weighted by Gasteiger charge is 2.40. The van der Waals surface area contributed by atoms with Gasteiger partial charge in [0, 0.05) is 25.2 Å². The van der Waals surface area contributed by atoms with Crippen LogP contribution in [0.15, 0.2) is 24.3 Å². The van der Waals surface area contributed by atoms with Gasteiger partial charge in [-0.2, -0.15) is 5.26 Å².